The van der Waals surface area contributed by atoms with Crippen LogP contribution in [0.1, 0.15) is 92.6 Å². The Kier molecular flexibility index (Phi) is 15.3. The van der Waals surface area contributed by atoms with Gasteiger partial charge < -0.3 is 13.7 Å². The van der Waals surface area contributed by atoms with Gasteiger partial charge in [0.25, 0.3) is 0 Å². The Hall–Kier alpha value is -10.0. The van der Waals surface area contributed by atoms with E-state index in [2.05, 4.69) is 352 Å². The van der Waals surface area contributed by atoms with Crippen LogP contribution in [0, 0.1) is 66.6 Å². The van der Waals surface area contributed by atoms with E-state index in [0.717, 1.165) is 13.1 Å². The van der Waals surface area contributed by atoms with Crippen molar-refractivity contribution >= 4 is 74.7 Å². The number of rotatable bonds is 8. The zero-order valence-corrected chi connectivity index (χ0v) is 51.6. The zero-order valence-electron chi connectivity index (χ0n) is 51.6. The molecule has 430 valence electrons. The molecule has 0 amide bonds. The fourth-order valence-corrected chi connectivity index (χ4v) is 13.7. The minimum atomic E-state index is 0.107. The van der Waals surface area contributed by atoms with E-state index in [1.165, 1.54) is 141 Å². The van der Waals surface area contributed by atoms with Crippen LogP contribution in [-0.2, 0) is 0 Å². The van der Waals surface area contributed by atoms with E-state index >= 15 is 0 Å². The zero-order chi connectivity index (χ0) is 59.9. The molecule has 6 heteroatoms. The van der Waals surface area contributed by atoms with Gasteiger partial charge in [0.05, 0.1) is 29.5 Å². The molecule has 0 saturated carbocycles. The Bertz CT molecular complexity index is 4370. The van der Waals surface area contributed by atoms with Crippen LogP contribution < -0.4 is 14.7 Å². The van der Waals surface area contributed by atoms with Gasteiger partial charge in [0.1, 0.15) is 36.2 Å². The average molecular weight is 1130 g/mol. The summed E-state index contributed by atoms with van der Waals surface area (Å²) < 4.78 is 7.05. The predicted molar refractivity (Wildman–Crippen MR) is 367 cm³/mol. The van der Waals surface area contributed by atoms with E-state index in [0.29, 0.717) is 5.92 Å². The minimum absolute atomic E-state index is 0.107. The van der Waals surface area contributed by atoms with E-state index in [9.17, 15) is 0 Å². The second-order valence-corrected chi connectivity index (χ2v) is 24.2. The summed E-state index contributed by atoms with van der Waals surface area (Å²) in [6.07, 6.45) is 26.7. The average Bonchev–Trinajstić information content (AvgIpc) is 1.79. The molecule has 0 bridgehead atoms. The van der Waals surface area contributed by atoms with Crippen molar-refractivity contribution in [2.75, 3.05) is 27.8 Å². The monoisotopic (exact) mass is 1130 g/mol. The molecule has 87 heavy (non-hydrogen) atoms. The molecule has 9 aromatic carbocycles. The molecule has 0 spiro atoms. The molecule has 6 heterocycles. The van der Waals surface area contributed by atoms with E-state index in [1.807, 2.05) is 0 Å². The van der Waals surface area contributed by atoms with Gasteiger partial charge in [-0.2, -0.15) is 0 Å². The quantitative estimate of drug-likeness (QED) is 0.112. The van der Waals surface area contributed by atoms with E-state index in [4.69, 9.17) is 0 Å². The summed E-state index contributed by atoms with van der Waals surface area (Å²) in [6, 6.07) is 71.9. The van der Waals surface area contributed by atoms with Gasteiger partial charge in [-0.3, -0.25) is 14.7 Å². The van der Waals surface area contributed by atoms with Gasteiger partial charge in [-0.25, -0.2) is 0 Å². The smallest absolute Gasteiger partial charge is 0.171 e. The van der Waals surface area contributed by atoms with E-state index in [-0.39, 0.29) is 6.04 Å². The second kappa shape index (κ2) is 23.8. The third-order valence-corrected chi connectivity index (χ3v) is 17.6. The molecule has 0 N–H and O–H groups in total. The van der Waals surface area contributed by atoms with Crippen LogP contribution in [0.15, 0.2) is 243 Å². The van der Waals surface area contributed by atoms with Crippen molar-refractivity contribution in [2.24, 2.45) is 0 Å². The topological polar surface area (TPSA) is 18.8 Å². The first kappa shape index (κ1) is 56.1. The number of nitrogens with zero attached hydrogens (tertiary/aromatic N) is 6. The number of allylic oxidation sites excluding steroid dienone is 6. The summed E-state index contributed by atoms with van der Waals surface area (Å²) in [7, 11) is 0. The van der Waals surface area contributed by atoms with Crippen LogP contribution in [0.2, 0.25) is 0 Å². The largest absolute Gasteiger partial charge is 0.320 e. The van der Waals surface area contributed by atoms with Gasteiger partial charge in [-0.15, -0.1) is 18.2 Å². The van der Waals surface area contributed by atoms with Gasteiger partial charge in [0.2, 0.25) is 0 Å². The summed E-state index contributed by atoms with van der Waals surface area (Å²) in [5.41, 5.74) is 23.3. The van der Waals surface area contributed by atoms with Gasteiger partial charge in [0.15, 0.2) is 19.0 Å². The molecule has 9 aromatic rings. The standard InChI is InChI=1S/C33H30N2.C26H24N2.C22H22N2/c1-23(2)25-18-20-27(21-19-25)34-22-35-31(30-15-8-12-26-11-5-7-14-29(26)30)16-9-17-32(35)33(34)28-13-6-4-10-24(28)3;1-18-14-19(2)26(20(3)15-18)27-16-22-10-7-13-25(28(22)17-27)24-12-6-9-21-8-4-5-11-23(21)24;1-16-12-17(2)22(18(3)13-16)23-14-20-10-7-11-21(24(20)15-23)19-8-5-4-6-9-19/h4-23,33H,1-3H3;4-15,17H,16H2,1-3H3;4-13,15H,14H2,1-3H3. The van der Waals surface area contributed by atoms with Crippen LogP contribution in [-0.4, -0.2) is 45.8 Å². The summed E-state index contributed by atoms with van der Waals surface area (Å²) >= 11 is 0. The third kappa shape index (κ3) is 10.9. The van der Waals surface area contributed by atoms with Gasteiger partial charge in [0, 0.05) is 5.70 Å². The van der Waals surface area contributed by atoms with E-state index < -0.39 is 0 Å². The Morgan fingerprint density at radius 1 is 0.425 bits per heavy atom. The number of hydrogen-bond acceptors (Lipinski definition) is 3. The first-order valence-corrected chi connectivity index (χ1v) is 30.7. The molecule has 1 atom stereocenters. The summed E-state index contributed by atoms with van der Waals surface area (Å²) in [6.45, 7) is 21.7. The van der Waals surface area contributed by atoms with Crippen LogP contribution in [0.25, 0.3) is 38.6 Å². The summed E-state index contributed by atoms with van der Waals surface area (Å²) in [4.78, 5) is 7.18. The number of anilines is 3. The van der Waals surface area contributed by atoms with Crippen LogP contribution >= 0.6 is 0 Å². The Labute approximate surface area is 515 Å². The third-order valence-electron chi connectivity index (χ3n) is 17.6. The fourth-order valence-electron chi connectivity index (χ4n) is 13.7. The molecule has 0 fully saturated rings. The van der Waals surface area contributed by atoms with Crippen molar-refractivity contribution in [1.29, 1.82) is 0 Å². The number of aryl methyl sites for hydroxylation is 7. The first-order chi connectivity index (χ1) is 42.4. The maximum atomic E-state index is 2.43. The maximum Gasteiger partial charge on any atom is 0.171 e. The van der Waals surface area contributed by atoms with Crippen molar-refractivity contribution in [2.45, 2.75) is 74.3 Å². The van der Waals surface area contributed by atoms with Crippen molar-refractivity contribution in [3.63, 3.8) is 0 Å². The first-order valence-electron chi connectivity index (χ1n) is 30.7. The highest BCUT2D eigenvalue weighted by Crippen LogP contribution is 2.45. The lowest BCUT2D eigenvalue weighted by Crippen LogP contribution is -2.26. The number of hydrogen-bond donors (Lipinski definition) is 0. The van der Waals surface area contributed by atoms with Crippen molar-refractivity contribution in [3.05, 3.63) is 328 Å². The molecule has 0 saturated heterocycles. The van der Waals surface area contributed by atoms with Crippen molar-refractivity contribution in [3.8, 4) is 0 Å². The number of fused-ring (bicyclic) bond motifs is 5. The maximum absolute atomic E-state index is 2.43. The van der Waals surface area contributed by atoms with Crippen molar-refractivity contribution in [1.82, 2.24) is 0 Å². The summed E-state index contributed by atoms with van der Waals surface area (Å²) in [5, 5.41) is 5.10. The SMILES string of the molecule is Cc1cc(C)c(N2C=[N+]3C(c4cccc5ccccc45)=CC=C[C-]3C2)c(C)c1.Cc1cc(C)c(N2C=[N+]3C(c4ccccc4)=CC=C[C-]3C2)c(C)c1.Cc1ccccc1C1[C-]2C=CC=C(c3cccc4ccccc34)[N+]2=CN1c1ccc(C(C)C)cc1. The molecule has 6 aliphatic heterocycles. The van der Waals surface area contributed by atoms with Crippen molar-refractivity contribution < 1.29 is 13.7 Å². The van der Waals surface area contributed by atoms with Crippen LogP contribution in [0.5, 0.6) is 0 Å². The molecule has 0 aromatic heterocycles. The molecule has 6 aliphatic rings. The molecule has 0 aliphatic carbocycles. The van der Waals surface area contributed by atoms with Crippen LogP contribution in [0.3, 0.4) is 0 Å². The lowest BCUT2D eigenvalue weighted by atomic mass is 9.91. The highest BCUT2D eigenvalue weighted by atomic mass is 15.3. The minimum Gasteiger partial charge on any atom is -0.320 e. The fraction of sp³-hybridized carbons (Fsp3) is 0.160. The lowest BCUT2D eigenvalue weighted by Gasteiger charge is -2.30. The molecular weight excluding hydrogens is 1060 g/mol. The predicted octanol–water partition coefficient (Wildman–Crippen LogP) is 18.4. The van der Waals surface area contributed by atoms with Crippen LogP contribution in [0.4, 0.5) is 17.1 Å². The Morgan fingerprint density at radius 2 is 0.885 bits per heavy atom. The summed E-state index contributed by atoms with van der Waals surface area (Å²) in [5.74, 6) is 0.517. The Morgan fingerprint density at radius 3 is 1.43 bits per heavy atom. The number of benzene rings is 9. The highest BCUT2D eigenvalue weighted by molar-refractivity contribution is 5.96. The molecule has 15 rings (SSSR count). The molecular formula is C81H76N6. The van der Waals surface area contributed by atoms with Gasteiger partial charge in [-0.1, -0.05) is 237 Å². The van der Waals surface area contributed by atoms with Gasteiger partial charge in [-0.05, 0) is 144 Å². The molecule has 0 radical (unpaired) electrons. The van der Waals surface area contributed by atoms with Gasteiger partial charge >= 0.3 is 0 Å². The normalized spacial score (nSPS) is 16.4. The molecule has 1 unspecified atom stereocenters. The Balaban J connectivity index is 0.000000123. The second-order valence-electron chi connectivity index (χ2n) is 24.2. The van der Waals surface area contributed by atoms with E-state index in [1.54, 1.807) is 0 Å². The lowest BCUT2D eigenvalue weighted by molar-refractivity contribution is -0.399. The highest BCUT2D eigenvalue weighted by Gasteiger charge is 2.41. The molecule has 6 nitrogen and oxygen atoms in total.